The predicted octanol–water partition coefficient (Wildman–Crippen LogP) is 2.25. The fraction of sp³-hybridized carbons (Fsp3) is 0.769. The molecule has 0 radical (unpaired) electrons. The minimum atomic E-state index is -0.458. The molecule has 2 atom stereocenters. The van der Waals surface area contributed by atoms with Crippen LogP contribution in [0.4, 0.5) is 0 Å². The summed E-state index contributed by atoms with van der Waals surface area (Å²) < 4.78 is 0. The van der Waals surface area contributed by atoms with Crippen molar-refractivity contribution < 1.29 is 4.79 Å². The quantitative estimate of drug-likeness (QED) is 0.872. The highest BCUT2D eigenvalue weighted by Gasteiger charge is 2.21. The summed E-state index contributed by atoms with van der Waals surface area (Å²) >= 11 is 1.53. The van der Waals surface area contributed by atoms with Crippen LogP contribution in [0.5, 0.6) is 0 Å². The first-order valence-electron chi connectivity index (χ1n) is 6.61. The van der Waals surface area contributed by atoms with Gasteiger partial charge in [0.05, 0.1) is 12.6 Å². The van der Waals surface area contributed by atoms with E-state index in [0.29, 0.717) is 6.54 Å². The lowest BCUT2D eigenvalue weighted by molar-refractivity contribution is -0.123. The SMILES string of the molecule is CCC(C)C(N)C(=O)NCc1nnc(C(C)(C)C)s1.Cl. The van der Waals surface area contributed by atoms with Crippen LogP contribution in [0.25, 0.3) is 0 Å². The molecule has 1 aromatic heterocycles. The van der Waals surface area contributed by atoms with Gasteiger partial charge in [-0.25, -0.2) is 0 Å². The average molecular weight is 321 g/mol. The molecule has 0 aliphatic carbocycles. The highest BCUT2D eigenvalue weighted by Crippen LogP contribution is 2.25. The van der Waals surface area contributed by atoms with Gasteiger partial charge in [-0.1, -0.05) is 52.4 Å². The number of hydrogen-bond acceptors (Lipinski definition) is 5. The van der Waals surface area contributed by atoms with Crippen LogP contribution in [-0.2, 0) is 16.8 Å². The van der Waals surface area contributed by atoms with Gasteiger partial charge in [0.15, 0.2) is 0 Å². The van der Waals surface area contributed by atoms with Crippen LogP contribution in [0.1, 0.15) is 51.1 Å². The van der Waals surface area contributed by atoms with E-state index in [9.17, 15) is 4.79 Å². The van der Waals surface area contributed by atoms with Crippen LogP contribution in [0.3, 0.4) is 0 Å². The molecule has 0 bridgehead atoms. The van der Waals surface area contributed by atoms with E-state index < -0.39 is 6.04 Å². The highest BCUT2D eigenvalue weighted by molar-refractivity contribution is 7.11. The van der Waals surface area contributed by atoms with Crippen molar-refractivity contribution in [3.05, 3.63) is 10.0 Å². The second-order valence-electron chi connectivity index (χ2n) is 5.88. The first-order chi connectivity index (χ1) is 8.75. The van der Waals surface area contributed by atoms with Crippen molar-refractivity contribution >= 4 is 29.7 Å². The van der Waals surface area contributed by atoms with Gasteiger partial charge >= 0.3 is 0 Å². The normalized spacial score (nSPS) is 14.3. The Kier molecular flexibility index (Phi) is 7.62. The number of nitrogens with one attached hydrogen (secondary N) is 1. The van der Waals surface area contributed by atoms with Gasteiger partial charge in [-0.05, 0) is 5.92 Å². The first kappa shape index (κ1) is 19.3. The summed E-state index contributed by atoms with van der Waals surface area (Å²) in [7, 11) is 0. The van der Waals surface area contributed by atoms with Crippen LogP contribution < -0.4 is 11.1 Å². The third kappa shape index (κ3) is 5.34. The van der Waals surface area contributed by atoms with Crippen LogP contribution in [0.15, 0.2) is 0 Å². The van der Waals surface area contributed by atoms with Crippen LogP contribution in [-0.4, -0.2) is 22.1 Å². The van der Waals surface area contributed by atoms with Crippen molar-refractivity contribution in [2.45, 2.75) is 59.0 Å². The molecule has 0 aliphatic rings. The molecule has 0 aromatic carbocycles. The van der Waals surface area contributed by atoms with Crippen LogP contribution in [0, 0.1) is 5.92 Å². The topological polar surface area (TPSA) is 80.9 Å². The molecule has 0 spiro atoms. The molecule has 0 aliphatic heterocycles. The van der Waals surface area contributed by atoms with E-state index in [1.54, 1.807) is 0 Å². The lowest BCUT2D eigenvalue weighted by atomic mass is 9.98. The third-order valence-corrected chi connectivity index (χ3v) is 4.43. The van der Waals surface area contributed by atoms with Gasteiger partial charge in [0, 0.05) is 5.41 Å². The minimum absolute atomic E-state index is 0. The van der Waals surface area contributed by atoms with Gasteiger partial charge in [0.2, 0.25) is 5.91 Å². The Morgan fingerprint density at radius 3 is 2.45 bits per heavy atom. The molecule has 1 rings (SSSR count). The molecule has 0 saturated carbocycles. The van der Waals surface area contributed by atoms with E-state index in [1.807, 2.05) is 13.8 Å². The summed E-state index contributed by atoms with van der Waals surface area (Å²) in [6, 6.07) is -0.458. The van der Waals surface area contributed by atoms with Gasteiger partial charge in [-0.2, -0.15) is 0 Å². The zero-order valence-corrected chi connectivity index (χ0v) is 14.4. The molecule has 0 saturated heterocycles. The molecule has 20 heavy (non-hydrogen) atoms. The van der Waals surface area contributed by atoms with Crippen molar-refractivity contribution in [3.63, 3.8) is 0 Å². The number of aromatic nitrogens is 2. The first-order valence-corrected chi connectivity index (χ1v) is 7.43. The van der Waals surface area contributed by atoms with E-state index in [-0.39, 0.29) is 29.6 Å². The zero-order chi connectivity index (χ0) is 14.6. The van der Waals surface area contributed by atoms with Gasteiger partial charge in [-0.15, -0.1) is 22.6 Å². The van der Waals surface area contributed by atoms with Crippen LogP contribution >= 0.6 is 23.7 Å². The summed E-state index contributed by atoms with van der Waals surface area (Å²) in [6.45, 7) is 10.7. The molecule has 0 fully saturated rings. The summed E-state index contributed by atoms with van der Waals surface area (Å²) in [6.07, 6.45) is 0.890. The molecular weight excluding hydrogens is 296 g/mol. The minimum Gasteiger partial charge on any atom is -0.348 e. The largest absolute Gasteiger partial charge is 0.348 e. The fourth-order valence-corrected chi connectivity index (χ4v) is 2.26. The number of carbonyl (C=O) groups excluding carboxylic acids is 1. The van der Waals surface area contributed by atoms with Crippen molar-refractivity contribution in [1.29, 1.82) is 0 Å². The Morgan fingerprint density at radius 1 is 1.40 bits per heavy atom. The number of amides is 1. The standard InChI is InChI=1S/C13H24N4OS.ClH/c1-6-8(2)10(14)11(18)15-7-9-16-17-12(19-9)13(3,4)5;/h8,10H,6-7,14H2,1-5H3,(H,15,18);1H. The predicted molar refractivity (Wildman–Crippen MR) is 85.1 cm³/mol. The van der Waals surface area contributed by atoms with Crippen molar-refractivity contribution in [2.24, 2.45) is 11.7 Å². The fourth-order valence-electron chi connectivity index (χ4n) is 1.42. The van der Waals surface area contributed by atoms with Crippen molar-refractivity contribution in [1.82, 2.24) is 15.5 Å². The molecule has 5 nitrogen and oxygen atoms in total. The number of nitrogens with zero attached hydrogens (tertiary/aromatic N) is 2. The summed E-state index contributed by atoms with van der Waals surface area (Å²) in [4.78, 5) is 11.8. The molecule has 7 heteroatoms. The van der Waals surface area contributed by atoms with Gasteiger partial charge in [-0.3, -0.25) is 4.79 Å². The second-order valence-corrected chi connectivity index (χ2v) is 6.94. The smallest absolute Gasteiger partial charge is 0.237 e. The summed E-state index contributed by atoms with van der Waals surface area (Å²) in [5.41, 5.74) is 5.86. The summed E-state index contributed by atoms with van der Waals surface area (Å²) in [5.74, 6) is 0.0569. The Bertz CT molecular complexity index is 430. The maximum absolute atomic E-state index is 11.8. The Morgan fingerprint density at radius 2 is 2.00 bits per heavy atom. The average Bonchev–Trinajstić information content (AvgIpc) is 2.82. The molecule has 1 aromatic rings. The van der Waals surface area contributed by atoms with Crippen LogP contribution in [0.2, 0.25) is 0 Å². The molecule has 3 N–H and O–H groups in total. The van der Waals surface area contributed by atoms with Crippen molar-refractivity contribution in [3.8, 4) is 0 Å². The van der Waals surface area contributed by atoms with E-state index in [4.69, 9.17) is 5.73 Å². The van der Waals surface area contributed by atoms with Crippen molar-refractivity contribution in [2.75, 3.05) is 0 Å². The molecule has 1 amide bonds. The Labute approximate surface area is 131 Å². The third-order valence-electron chi connectivity index (χ3n) is 3.08. The number of rotatable bonds is 5. The summed E-state index contributed by atoms with van der Waals surface area (Å²) in [5, 5.41) is 12.9. The molecule has 2 unspecified atom stereocenters. The second kappa shape index (κ2) is 7.90. The Balaban J connectivity index is 0.00000361. The maximum Gasteiger partial charge on any atom is 0.237 e. The monoisotopic (exact) mass is 320 g/mol. The number of carbonyl (C=O) groups is 1. The van der Waals surface area contributed by atoms with Gasteiger partial charge in [0.25, 0.3) is 0 Å². The number of halogens is 1. The molecule has 116 valence electrons. The zero-order valence-electron chi connectivity index (χ0n) is 12.8. The molecular formula is C13H25ClN4OS. The highest BCUT2D eigenvalue weighted by atomic mass is 35.5. The van der Waals surface area contributed by atoms with E-state index in [1.165, 1.54) is 11.3 Å². The van der Waals surface area contributed by atoms with E-state index >= 15 is 0 Å². The Hall–Kier alpha value is -0.720. The van der Waals surface area contributed by atoms with Gasteiger partial charge < -0.3 is 11.1 Å². The van der Waals surface area contributed by atoms with E-state index in [2.05, 4.69) is 36.3 Å². The molecule has 1 heterocycles. The van der Waals surface area contributed by atoms with Gasteiger partial charge in [0.1, 0.15) is 10.0 Å². The number of hydrogen-bond donors (Lipinski definition) is 2. The number of nitrogens with two attached hydrogens (primary N) is 1. The lowest BCUT2D eigenvalue weighted by Gasteiger charge is -2.17. The lowest BCUT2D eigenvalue weighted by Crippen LogP contribution is -2.44. The van der Waals surface area contributed by atoms with E-state index in [0.717, 1.165) is 16.4 Å². The maximum atomic E-state index is 11.8.